The van der Waals surface area contributed by atoms with Gasteiger partial charge in [-0.05, 0) is 5.92 Å². The molecule has 1 N–H and O–H groups in total. The van der Waals surface area contributed by atoms with Crippen molar-refractivity contribution >= 4 is 12.3 Å². The number of hydrogen-bond acceptors (Lipinski definition) is 3. The maximum Gasteiger partial charge on any atom is 0.382 e. The minimum absolute atomic E-state index is 0.180. The maximum absolute atomic E-state index is 10.5. The minimum Gasteiger partial charge on any atom is -0.472 e. The first-order valence-electron chi connectivity index (χ1n) is 3.36. The summed E-state index contributed by atoms with van der Waals surface area (Å²) >= 11 is 0. The van der Waals surface area contributed by atoms with Crippen LogP contribution in [0.15, 0.2) is 6.33 Å². The van der Waals surface area contributed by atoms with Crippen LogP contribution in [0.5, 0.6) is 0 Å². The topological polar surface area (TPSA) is 72.2 Å². The van der Waals surface area contributed by atoms with Gasteiger partial charge in [-0.2, -0.15) is 0 Å². The van der Waals surface area contributed by atoms with Gasteiger partial charge in [-0.1, -0.05) is 0 Å². The molecule has 1 rings (SSSR count). The molecule has 5 nitrogen and oxygen atoms in total. The Kier molecular flexibility index (Phi) is 2.45. The number of nitrogens with zero attached hydrogens (tertiary/aromatic N) is 2. The van der Waals surface area contributed by atoms with Crippen LogP contribution in [0.25, 0.3) is 0 Å². The lowest BCUT2D eigenvalue weighted by Crippen LogP contribution is -1.95. The average molecular weight is 178 g/mol. The van der Waals surface area contributed by atoms with E-state index in [-0.39, 0.29) is 11.4 Å². The molecule has 1 heterocycles. The summed E-state index contributed by atoms with van der Waals surface area (Å²) in [5, 5.41) is 8.25. The molecule has 0 aliphatic carbocycles. The zero-order chi connectivity index (χ0) is 9.84. The molecule has 0 spiro atoms. The summed E-state index contributed by atoms with van der Waals surface area (Å²) in [6.07, 6.45) is 1.98. The van der Waals surface area contributed by atoms with Crippen LogP contribution in [0.3, 0.4) is 0 Å². The molecule has 0 unspecified atom stereocenters. The van der Waals surface area contributed by atoms with E-state index in [2.05, 4.69) is 10.9 Å². The molecule has 1 aromatic rings. The van der Waals surface area contributed by atoms with Crippen LogP contribution < -0.4 is 0 Å². The number of rotatable bonds is 1. The van der Waals surface area contributed by atoms with Gasteiger partial charge in [-0.3, -0.25) is 4.79 Å². The molecule has 0 bridgehead atoms. The van der Waals surface area contributed by atoms with Crippen molar-refractivity contribution < 1.29 is 14.7 Å². The highest BCUT2D eigenvalue weighted by molar-refractivity contribution is 5.88. The van der Waals surface area contributed by atoms with Gasteiger partial charge < -0.3 is 9.67 Å². The fourth-order valence-corrected chi connectivity index (χ4v) is 0.788. The number of aryl methyl sites for hydroxylation is 1. The second kappa shape index (κ2) is 3.54. The Morgan fingerprint density at radius 1 is 1.77 bits per heavy atom. The molecule has 0 radical (unpaired) electrons. The van der Waals surface area contributed by atoms with Gasteiger partial charge in [0.1, 0.15) is 11.4 Å². The number of carboxylic acid groups (broad SMARTS) is 1. The normalized spacial score (nSPS) is 8.69. The van der Waals surface area contributed by atoms with Crippen LogP contribution in [0.2, 0.25) is 0 Å². The summed E-state index contributed by atoms with van der Waals surface area (Å²) in [6.45, 7) is 0. The zero-order valence-electron chi connectivity index (χ0n) is 6.81. The van der Waals surface area contributed by atoms with Crippen LogP contribution in [0, 0.1) is 11.8 Å². The lowest BCUT2D eigenvalue weighted by atomic mass is 10.3. The summed E-state index contributed by atoms with van der Waals surface area (Å²) in [6, 6.07) is 0. The number of carboxylic acids is 1. The third kappa shape index (κ3) is 1.93. The number of carbonyl (C=O) groups excluding carboxylic acids is 1. The lowest BCUT2D eigenvalue weighted by molar-refractivity contribution is -0.130. The monoisotopic (exact) mass is 178 g/mol. The van der Waals surface area contributed by atoms with Gasteiger partial charge in [-0.15, -0.1) is 0 Å². The first-order chi connectivity index (χ1) is 6.15. The molecule has 0 saturated heterocycles. The van der Waals surface area contributed by atoms with E-state index in [0.29, 0.717) is 6.29 Å². The number of carbonyl (C=O) groups is 2. The number of aldehydes is 1. The Morgan fingerprint density at radius 2 is 2.46 bits per heavy atom. The van der Waals surface area contributed by atoms with Crippen molar-refractivity contribution in [2.24, 2.45) is 7.05 Å². The molecule has 66 valence electrons. The summed E-state index contributed by atoms with van der Waals surface area (Å²) in [7, 11) is 1.63. The highest BCUT2D eigenvalue weighted by atomic mass is 16.4. The SMILES string of the molecule is Cn1cnc(C#CC(=O)O)c1C=O. The van der Waals surface area contributed by atoms with Gasteiger partial charge in [0.25, 0.3) is 0 Å². The van der Waals surface area contributed by atoms with Crippen molar-refractivity contribution in [1.82, 2.24) is 9.55 Å². The molecule has 0 aliphatic heterocycles. The molecule has 0 aromatic carbocycles. The van der Waals surface area contributed by atoms with Gasteiger partial charge in [0.2, 0.25) is 0 Å². The smallest absolute Gasteiger partial charge is 0.382 e. The molecule has 0 fully saturated rings. The third-order valence-corrected chi connectivity index (χ3v) is 1.38. The summed E-state index contributed by atoms with van der Waals surface area (Å²) in [4.78, 5) is 24.3. The van der Waals surface area contributed by atoms with Crippen molar-refractivity contribution in [2.75, 3.05) is 0 Å². The third-order valence-electron chi connectivity index (χ3n) is 1.38. The molecule has 1 aromatic heterocycles. The fourth-order valence-electron chi connectivity index (χ4n) is 0.788. The fraction of sp³-hybridized carbons (Fsp3) is 0.125. The summed E-state index contributed by atoms with van der Waals surface area (Å²) in [5.74, 6) is 2.91. The summed E-state index contributed by atoms with van der Waals surface area (Å²) < 4.78 is 1.47. The lowest BCUT2D eigenvalue weighted by Gasteiger charge is -1.89. The van der Waals surface area contributed by atoms with Gasteiger partial charge >= 0.3 is 5.97 Å². The van der Waals surface area contributed by atoms with Crippen LogP contribution >= 0.6 is 0 Å². The van der Waals surface area contributed by atoms with E-state index in [9.17, 15) is 9.59 Å². The van der Waals surface area contributed by atoms with Crippen molar-refractivity contribution in [2.45, 2.75) is 0 Å². The predicted molar refractivity (Wildman–Crippen MR) is 43.1 cm³/mol. The van der Waals surface area contributed by atoms with Gasteiger partial charge in [0.15, 0.2) is 6.29 Å². The van der Waals surface area contributed by atoms with E-state index >= 15 is 0 Å². The average Bonchev–Trinajstić information content (AvgIpc) is 2.42. The Bertz CT molecular complexity index is 409. The molecule has 0 aliphatic rings. The predicted octanol–water partition coefficient (Wildman–Crippen LogP) is -0.331. The second-order valence-electron chi connectivity index (χ2n) is 2.26. The molecule has 0 saturated carbocycles. The Morgan fingerprint density at radius 3 is 3.00 bits per heavy atom. The standard InChI is InChI=1S/C8H6N2O3/c1-10-5-9-6(7(10)4-11)2-3-8(12)13/h4-5H,1H3,(H,12,13). The van der Waals surface area contributed by atoms with Gasteiger partial charge in [0.05, 0.1) is 6.33 Å². The van der Waals surface area contributed by atoms with Gasteiger partial charge in [0, 0.05) is 13.0 Å². The largest absolute Gasteiger partial charge is 0.472 e. The molecular formula is C8H6N2O3. The van der Waals surface area contributed by atoms with Crippen molar-refractivity contribution in [3.05, 3.63) is 17.7 Å². The van der Waals surface area contributed by atoms with Crippen LogP contribution in [-0.4, -0.2) is 26.9 Å². The first kappa shape index (κ1) is 9.00. The number of aromatic nitrogens is 2. The van der Waals surface area contributed by atoms with E-state index in [4.69, 9.17) is 5.11 Å². The zero-order valence-corrected chi connectivity index (χ0v) is 6.81. The minimum atomic E-state index is -1.25. The van der Waals surface area contributed by atoms with Crippen LogP contribution in [-0.2, 0) is 11.8 Å². The molecule has 5 heteroatoms. The highest BCUT2D eigenvalue weighted by Gasteiger charge is 2.04. The molecule has 0 amide bonds. The van der Waals surface area contributed by atoms with Crippen molar-refractivity contribution in [3.63, 3.8) is 0 Å². The van der Waals surface area contributed by atoms with Crippen molar-refractivity contribution in [1.29, 1.82) is 0 Å². The number of hydrogen-bond donors (Lipinski definition) is 1. The van der Waals surface area contributed by atoms with E-state index < -0.39 is 5.97 Å². The van der Waals surface area contributed by atoms with Crippen molar-refractivity contribution in [3.8, 4) is 11.8 Å². The summed E-state index contributed by atoms with van der Waals surface area (Å²) in [5.41, 5.74) is 0.452. The quantitative estimate of drug-likeness (QED) is 0.472. The van der Waals surface area contributed by atoms with E-state index in [1.54, 1.807) is 7.05 Å². The molecule has 13 heavy (non-hydrogen) atoms. The maximum atomic E-state index is 10.5. The Balaban J connectivity index is 3.10. The van der Waals surface area contributed by atoms with Gasteiger partial charge in [-0.25, -0.2) is 9.78 Å². The van der Waals surface area contributed by atoms with E-state index in [0.717, 1.165) is 0 Å². The Hall–Kier alpha value is -2.09. The van der Waals surface area contributed by atoms with E-state index in [1.165, 1.54) is 10.9 Å². The van der Waals surface area contributed by atoms with Crippen LogP contribution in [0.1, 0.15) is 16.2 Å². The second-order valence-corrected chi connectivity index (χ2v) is 2.26. The number of aliphatic carboxylic acids is 1. The molecular weight excluding hydrogens is 172 g/mol. The molecule has 0 atom stereocenters. The van der Waals surface area contributed by atoms with E-state index in [1.807, 2.05) is 5.92 Å². The number of imidazole rings is 1. The highest BCUT2D eigenvalue weighted by Crippen LogP contribution is 2.00. The van der Waals surface area contributed by atoms with Crippen LogP contribution in [0.4, 0.5) is 0 Å². The first-order valence-corrected chi connectivity index (χ1v) is 3.36. The Labute approximate surface area is 74.0 Å².